The predicted octanol–water partition coefficient (Wildman–Crippen LogP) is 2.62. The zero-order valence-electron chi connectivity index (χ0n) is 12.0. The standard InChI is InChI=1S/C15H23N3O/c1-10(2)6-7-18(13-4-5-13)15(19)12-8-11(3)17-14(16)9-12/h8-10,13H,4-7H2,1-3H3,(H2,16,17). The van der Waals surface area contributed by atoms with Crippen molar-refractivity contribution in [1.29, 1.82) is 0 Å². The average Bonchev–Trinajstić information content (AvgIpc) is 3.11. The van der Waals surface area contributed by atoms with Crippen molar-refractivity contribution in [3.63, 3.8) is 0 Å². The molecule has 2 N–H and O–H groups in total. The molecule has 19 heavy (non-hydrogen) atoms. The van der Waals surface area contributed by atoms with Crippen LogP contribution >= 0.6 is 0 Å². The van der Waals surface area contributed by atoms with E-state index in [0.29, 0.717) is 23.3 Å². The summed E-state index contributed by atoms with van der Waals surface area (Å²) >= 11 is 0. The van der Waals surface area contributed by atoms with Crippen LogP contribution in [0.15, 0.2) is 12.1 Å². The molecule has 0 aliphatic heterocycles. The molecule has 0 spiro atoms. The molecule has 1 amide bonds. The fraction of sp³-hybridized carbons (Fsp3) is 0.600. The number of aromatic nitrogens is 1. The smallest absolute Gasteiger partial charge is 0.254 e. The first-order valence-corrected chi connectivity index (χ1v) is 7.02. The van der Waals surface area contributed by atoms with Gasteiger partial charge in [0, 0.05) is 23.8 Å². The molecule has 1 aliphatic rings. The Hall–Kier alpha value is -1.58. The van der Waals surface area contributed by atoms with Gasteiger partial charge in [0.2, 0.25) is 0 Å². The van der Waals surface area contributed by atoms with Crippen molar-refractivity contribution in [3.8, 4) is 0 Å². The van der Waals surface area contributed by atoms with E-state index in [9.17, 15) is 4.79 Å². The van der Waals surface area contributed by atoms with Crippen LogP contribution in [0.2, 0.25) is 0 Å². The number of carbonyl (C=O) groups is 1. The summed E-state index contributed by atoms with van der Waals surface area (Å²) < 4.78 is 0. The van der Waals surface area contributed by atoms with Crippen LogP contribution in [0, 0.1) is 12.8 Å². The molecule has 0 unspecified atom stereocenters. The molecule has 0 radical (unpaired) electrons. The minimum atomic E-state index is 0.0975. The second-order valence-corrected chi connectivity index (χ2v) is 5.83. The summed E-state index contributed by atoms with van der Waals surface area (Å²) in [5, 5.41) is 0. The van der Waals surface area contributed by atoms with Gasteiger partial charge in [-0.1, -0.05) is 13.8 Å². The van der Waals surface area contributed by atoms with Gasteiger partial charge in [-0.3, -0.25) is 4.79 Å². The van der Waals surface area contributed by atoms with E-state index in [4.69, 9.17) is 5.73 Å². The molecule has 1 aliphatic carbocycles. The first kappa shape index (κ1) is 13.8. The lowest BCUT2D eigenvalue weighted by atomic mass is 10.1. The SMILES string of the molecule is Cc1cc(C(=O)N(CCC(C)C)C2CC2)cc(N)n1. The van der Waals surface area contributed by atoms with E-state index in [1.807, 2.05) is 17.9 Å². The molecule has 4 heteroatoms. The largest absolute Gasteiger partial charge is 0.384 e. The Kier molecular flexibility index (Phi) is 4.08. The highest BCUT2D eigenvalue weighted by molar-refractivity contribution is 5.95. The minimum absolute atomic E-state index is 0.0975. The molecule has 1 aromatic rings. The number of nitrogens with zero attached hydrogens (tertiary/aromatic N) is 2. The Bertz CT molecular complexity index is 446. The Morgan fingerprint density at radius 3 is 2.68 bits per heavy atom. The highest BCUT2D eigenvalue weighted by Crippen LogP contribution is 2.29. The van der Waals surface area contributed by atoms with E-state index in [1.54, 1.807) is 6.07 Å². The van der Waals surface area contributed by atoms with Gasteiger partial charge in [-0.05, 0) is 44.2 Å². The van der Waals surface area contributed by atoms with Crippen LogP contribution in [-0.2, 0) is 0 Å². The Labute approximate surface area is 115 Å². The van der Waals surface area contributed by atoms with Crippen molar-refractivity contribution in [1.82, 2.24) is 9.88 Å². The average molecular weight is 261 g/mol. The van der Waals surface area contributed by atoms with Gasteiger partial charge in [0.1, 0.15) is 5.82 Å². The maximum Gasteiger partial charge on any atom is 0.254 e. The van der Waals surface area contributed by atoms with Crippen molar-refractivity contribution in [2.24, 2.45) is 5.92 Å². The lowest BCUT2D eigenvalue weighted by molar-refractivity contribution is 0.0735. The number of nitrogens with two attached hydrogens (primary N) is 1. The van der Waals surface area contributed by atoms with Crippen LogP contribution in [0.3, 0.4) is 0 Å². The summed E-state index contributed by atoms with van der Waals surface area (Å²) in [6.07, 6.45) is 3.30. The minimum Gasteiger partial charge on any atom is -0.384 e. The van der Waals surface area contributed by atoms with Crippen molar-refractivity contribution in [3.05, 3.63) is 23.4 Å². The molecule has 0 aromatic carbocycles. The molecule has 4 nitrogen and oxygen atoms in total. The summed E-state index contributed by atoms with van der Waals surface area (Å²) in [5.41, 5.74) is 7.19. The normalized spacial score (nSPS) is 14.7. The van der Waals surface area contributed by atoms with E-state index < -0.39 is 0 Å². The third-order valence-corrected chi connectivity index (χ3v) is 3.42. The number of nitrogen functional groups attached to an aromatic ring is 1. The molecular formula is C15H23N3O. The van der Waals surface area contributed by atoms with Crippen molar-refractivity contribution in [2.75, 3.05) is 12.3 Å². The molecular weight excluding hydrogens is 238 g/mol. The summed E-state index contributed by atoms with van der Waals surface area (Å²) in [4.78, 5) is 18.7. The van der Waals surface area contributed by atoms with Gasteiger partial charge in [0.15, 0.2) is 0 Å². The molecule has 1 fully saturated rings. The lowest BCUT2D eigenvalue weighted by Gasteiger charge is -2.23. The van der Waals surface area contributed by atoms with E-state index in [1.165, 1.54) is 0 Å². The topological polar surface area (TPSA) is 59.2 Å². The van der Waals surface area contributed by atoms with Gasteiger partial charge < -0.3 is 10.6 Å². The van der Waals surface area contributed by atoms with Gasteiger partial charge in [0.25, 0.3) is 5.91 Å². The molecule has 1 saturated carbocycles. The summed E-state index contributed by atoms with van der Waals surface area (Å²) in [6, 6.07) is 3.93. The number of hydrogen-bond acceptors (Lipinski definition) is 3. The molecule has 1 aromatic heterocycles. The molecule has 0 bridgehead atoms. The van der Waals surface area contributed by atoms with E-state index in [0.717, 1.165) is 31.5 Å². The van der Waals surface area contributed by atoms with Crippen molar-refractivity contribution in [2.45, 2.75) is 46.1 Å². The summed E-state index contributed by atoms with van der Waals surface area (Å²) in [5.74, 6) is 1.13. The van der Waals surface area contributed by atoms with Crippen LogP contribution in [0.1, 0.15) is 49.2 Å². The number of amides is 1. The quantitative estimate of drug-likeness (QED) is 0.886. The Morgan fingerprint density at radius 1 is 1.47 bits per heavy atom. The second-order valence-electron chi connectivity index (χ2n) is 5.83. The molecule has 1 heterocycles. The van der Waals surface area contributed by atoms with Crippen molar-refractivity contribution < 1.29 is 4.79 Å². The van der Waals surface area contributed by atoms with Gasteiger partial charge in [-0.25, -0.2) is 4.98 Å². The van der Waals surface area contributed by atoms with Crippen LogP contribution in [0.5, 0.6) is 0 Å². The highest BCUT2D eigenvalue weighted by atomic mass is 16.2. The fourth-order valence-electron chi connectivity index (χ4n) is 2.22. The first-order chi connectivity index (χ1) is 8.97. The number of rotatable bonds is 5. The molecule has 2 rings (SSSR count). The van der Waals surface area contributed by atoms with Gasteiger partial charge >= 0.3 is 0 Å². The maximum absolute atomic E-state index is 12.6. The number of hydrogen-bond donors (Lipinski definition) is 1. The predicted molar refractivity (Wildman–Crippen MR) is 76.9 cm³/mol. The highest BCUT2D eigenvalue weighted by Gasteiger charge is 2.32. The number of carbonyl (C=O) groups excluding carboxylic acids is 1. The van der Waals surface area contributed by atoms with Crippen LogP contribution in [0.25, 0.3) is 0 Å². The third-order valence-electron chi connectivity index (χ3n) is 3.42. The maximum atomic E-state index is 12.6. The fourth-order valence-corrected chi connectivity index (χ4v) is 2.22. The summed E-state index contributed by atoms with van der Waals surface area (Å²) in [7, 11) is 0. The van der Waals surface area contributed by atoms with Crippen LogP contribution in [-0.4, -0.2) is 28.4 Å². The van der Waals surface area contributed by atoms with Crippen molar-refractivity contribution >= 4 is 11.7 Å². The van der Waals surface area contributed by atoms with Crippen LogP contribution in [0.4, 0.5) is 5.82 Å². The molecule has 0 atom stereocenters. The second kappa shape index (κ2) is 5.59. The van der Waals surface area contributed by atoms with E-state index >= 15 is 0 Å². The Balaban J connectivity index is 2.14. The van der Waals surface area contributed by atoms with E-state index in [-0.39, 0.29) is 5.91 Å². The number of aryl methyl sites for hydroxylation is 1. The zero-order chi connectivity index (χ0) is 14.0. The van der Waals surface area contributed by atoms with Gasteiger partial charge in [0.05, 0.1) is 0 Å². The van der Waals surface area contributed by atoms with E-state index in [2.05, 4.69) is 18.8 Å². The first-order valence-electron chi connectivity index (χ1n) is 7.02. The number of pyridine rings is 1. The monoisotopic (exact) mass is 261 g/mol. The van der Waals surface area contributed by atoms with Gasteiger partial charge in [-0.15, -0.1) is 0 Å². The summed E-state index contributed by atoms with van der Waals surface area (Å²) in [6.45, 7) is 7.07. The molecule has 0 saturated heterocycles. The third kappa shape index (κ3) is 3.69. The van der Waals surface area contributed by atoms with Crippen LogP contribution < -0.4 is 5.73 Å². The molecule has 104 valence electrons. The lowest BCUT2D eigenvalue weighted by Crippen LogP contribution is -2.34. The number of anilines is 1. The zero-order valence-corrected chi connectivity index (χ0v) is 12.0. The Morgan fingerprint density at radius 2 is 2.16 bits per heavy atom. The van der Waals surface area contributed by atoms with Gasteiger partial charge in [-0.2, -0.15) is 0 Å².